The van der Waals surface area contributed by atoms with Crippen LogP contribution in [-0.4, -0.2) is 9.97 Å². The molecular formula is C12H11BrN2S. The number of nitrogens with one attached hydrogen (secondary N) is 1. The summed E-state index contributed by atoms with van der Waals surface area (Å²) < 4.78 is 1.63. The summed E-state index contributed by atoms with van der Waals surface area (Å²) in [6.07, 6.45) is 0. The van der Waals surface area contributed by atoms with E-state index in [1.807, 2.05) is 19.1 Å². The largest absolute Gasteiger partial charge is 0.343 e. The predicted molar refractivity (Wildman–Crippen MR) is 72.0 cm³/mol. The van der Waals surface area contributed by atoms with Gasteiger partial charge < -0.3 is 4.98 Å². The van der Waals surface area contributed by atoms with Crippen LogP contribution in [-0.2, 0) is 0 Å². The van der Waals surface area contributed by atoms with Crippen molar-refractivity contribution < 1.29 is 0 Å². The van der Waals surface area contributed by atoms with Crippen LogP contribution in [0, 0.1) is 18.5 Å². The summed E-state index contributed by atoms with van der Waals surface area (Å²) in [5, 5.41) is 0. The molecule has 0 saturated carbocycles. The third kappa shape index (κ3) is 2.39. The maximum atomic E-state index is 5.11. The van der Waals surface area contributed by atoms with Crippen molar-refractivity contribution in [3.05, 3.63) is 44.6 Å². The second-order valence-electron chi connectivity index (χ2n) is 3.73. The number of hydrogen-bond acceptors (Lipinski definition) is 2. The molecule has 0 aliphatic carbocycles. The first-order valence-corrected chi connectivity index (χ1v) is 6.11. The molecule has 0 unspecified atom stereocenters. The van der Waals surface area contributed by atoms with Crippen LogP contribution in [0.4, 0.5) is 0 Å². The normalized spacial score (nSPS) is 10.4. The van der Waals surface area contributed by atoms with Gasteiger partial charge in [-0.15, -0.1) is 0 Å². The maximum Gasteiger partial charge on any atom is 0.140 e. The number of aryl methyl sites for hydroxylation is 2. The Kier molecular flexibility index (Phi) is 3.21. The molecule has 0 amide bonds. The molecule has 0 spiro atoms. The summed E-state index contributed by atoms with van der Waals surface area (Å²) >= 11 is 8.65. The molecule has 0 atom stereocenters. The van der Waals surface area contributed by atoms with Crippen molar-refractivity contribution in [2.24, 2.45) is 0 Å². The summed E-state index contributed by atoms with van der Waals surface area (Å²) in [4.78, 5) is 7.54. The average molecular weight is 295 g/mol. The van der Waals surface area contributed by atoms with Gasteiger partial charge in [0, 0.05) is 15.7 Å². The van der Waals surface area contributed by atoms with Gasteiger partial charge in [0.25, 0.3) is 0 Å². The van der Waals surface area contributed by atoms with Crippen LogP contribution >= 0.6 is 28.1 Å². The molecule has 0 radical (unpaired) electrons. The maximum absolute atomic E-state index is 5.11. The molecular weight excluding hydrogens is 284 g/mol. The molecule has 2 nitrogen and oxygen atoms in total. The van der Waals surface area contributed by atoms with Gasteiger partial charge in [-0.05, 0) is 37.6 Å². The van der Waals surface area contributed by atoms with Crippen LogP contribution in [0.2, 0.25) is 0 Å². The molecule has 0 aliphatic rings. The van der Waals surface area contributed by atoms with Crippen molar-refractivity contribution in [3.63, 3.8) is 0 Å². The van der Waals surface area contributed by atoms with Gasteiger partial charge in [0.15, 0.2) is 0 Å². The molecule has 0 bridgehead atoms. The Labute approximate surface area is 108 Å². The molecule has 16 heavy (non-hydrogen) atoms. The van der Waals surface area contributed by atoms with E-state index in [4.69, 9.17) is 12.2 Å². The zero-order valence-electron chi connectivity index (χ0n) is 9.04. The monoisotopic (exact) mass is 294 g/mol. The molecule has 1 aromatic heterocycles. The molecule has 1 heterocycles. The minimum absolute atomic E-state index is 0.610. The molecule has 1 aromatic carbocycles. The second-order valence-corrected chi connectivity index (χ2v) is 5.01. The number of nitrogens with zero attached hydrogens (tertiary/aromatic N) is 1. The first-order chi connectivity index (χ1) is 7.56. The summed E-state index contributed by atoms with van der Waals surface area (Å²) in [5.41, 5.74) is 3.25. The molecule has 0 saturated heterocycles. The minimum atomic E-state index is 0.610. The Morgan fingerprint density at radius 1 is 1.25 bits per heavy atom. The van der Waals surface area contributed by atoms with Crippen molar-refractivity contribution in [1.82, 2.24) is 9.97 Å². The molecule has 2 aromatic rings. The topological polar surface area (TPSA) is 28.7 Å². The fraction of sp³-hybridized carbons (Fsp3) is 0.167. The molecule has 0 aliphatic heterocycles. The lowest BCUT2D eigenvalue weighted by atomic mass is 10.1. The predicted octanol–water partition coefficient (Wildman–Crippen LogP) is 4.19. The lowest BCUT2D eigenvalue weighted by Gasteiger charge is -2.06. The lowest BCUT2D eigenvalue weighted by molar-refractivity contribution is 1.10. The van der Waals surface area contributed by atoms with Crippen LogP contribution in [0.15, 0.2) is 28.7 Å². The van der Waals surface area contributed by atoms with Gasteiger partial charge in [-0.1, -0.05) is 34.2 Å². The van der Waals surface area contributed by atoms with E-state index < -0.39 is 0 Å². The number of hydrogen-bond donors (Lipinski definition) is 1. The van der Waals surface area contributed by atoms with Gasteiger partial charge in [-0.3, -0.25) is 0 Å². The van der Waals surface area contributed by atoms with E-state index in [0.29, 0.717) is 4.64 Å². The molecule has 4 heteroatoms. The number of rotatable bonds is 1. The van der Waals surface area contributed by atoms with Gasteiger partial charge >= 0.3 is 0 Å². The number of H-pyrrole nitrogens is 1. The zero-order chi connectivity index (χ0) is 11.7. The second kappa shape index (κ2) is 4.47. The highest BCUT2D eigenvalue weighted by atomic mass is 79.9. The van der Waals surface area contributed by atoms with Gasteiger partial charge in [0.2, 0.25) is 0 Å². The first kappa shape index (κ1) is 11.5. The highest BCUT2D eigenvalue weighted by Crippen LogP contribution is 2.26. The minimum Gasteiger partial charge on any atom is -0.343 e. The third-order valence-corrected chi connectivity index (χ3v) is 3.12. The summed E-state index contributed by atoms with van der Waals surface area (Å²) in [6.45, 7) is 4.03. The number of aromatic nitrogens is 2. The Morgan fingerprint density at radius 3 is 2.62 bits per heavy atom. The molecule has 0 fully saturated rings. The molecule has 2 rings (SSSR count). The van der Waals surface area contributed by atoms with E-state index in [1.165, 1.54) is 5.56 Å². The van der Waals surface area contributed by atoms with Crippen LogP contribution in [0.25, 0.3) is 11.4 Å². The van der Waals surface area contributed by atoms with Crippen LogP contribution in [0.3, 0.4) is 0 Å². The summed E-state index contributed by atoms with van der Waals surface area (Å²) in [5.74, 6) is 0.803. The van der Waals surface area contributed by atoms with Gasteiger partial charge in [-0.2, -0.15) is 0 Å². The number of aromatic amines is 1. The smallest absolute Gasteiger partial charge is 0.140 e. The Morgan fingerprint density at radius 2 is 2.00 bits per heavy atom. The van der Waals surface area contributed by atoms with E-state index in [2.05, 4.69) is 45.0 Å². The SMILES string of the molecule is Cc1ccc(-c2nc(=S)cc(C)[nH]2)c(Br)c1. The number of benzene rings is 1. The van der Waals surface area contributed by atoms with Crippen molar-refractivity contribution in [2.75, 3.05) is 0 Å². The standard InChI is InChI=1S/C12H11BrN2S/c1-7-3-4-9(10(13)5-7)12-14-8(2)6-11(16)15-12/h3-6H,1-2H3,(H,14,15,16). The summed E-state index contributed by atoms with van der Waals surface area (Å²) in [6, 6.07) is 8.00. The van der Waals surface area contributed by atoms with Crippen LogP contribution in [0.5, 0.6) is 0 Å². The van der Waals surface area contributed by atoms with Crippen molar-refractivity contribution in [2.45, 2.75) is 13.8 Å². The van der Waals surface area contributed by atoms with Crippen molar-refractivity contribution >= 4 is 28.1 Å². The van der Waals surface area contributed by atoms with Crippen molar-refractivity contribution in [1.29, 1.82) is 0 Å². The number of halogens is 1. The van der Waals surface area contributed by atoms with Crippen LogP contribution < -0.4 is 0 Å². The van der Waals surface area contributed by atoms with Gasteiger partial charge in [0.1, 0.15) is 10.5 Å². The van der Waals surface area contributed by atoms with E-state index in [9.17, 15) is 0 Å². The van der Waals surface area contributed by atoms with E-state index in [-0.39, 0.29) is 0 Å². The van der Waals surface area contributed by atoms with E-state index in [0.717, 1.165) is 21.6 Å². The highest BCUT2D eigenvalue weighted by Gasteiger charge is 2.05. The molecule has 1 N–H and O–H groups in total. The quantitative estimate of drug-likeness (QED) is 0.799. The average Bonchev–Trinajstić information content (AvgIpc) is 2.15. The Balaban J connectivity index is 2.63. The van der Waals surface area contributed by atoms with Gasteiger partial charge in [0.05, 0.1) is 0 Å². The van der Waals surface area contributed by atoms with Crippen LogP contribution in [0.1, 0.15) is 11.3 Å². The fourth-order valence-corrected chi connectivity index (χ4v) is 2.47. The van der Waals surface area contributed by atoms with Gasteiger partial charge in [-0.25, -0.2) is 4.98 Å². The summed E-state index contributed by atoms with van der Waals surface area (Å²) in [7, 11) is 0. The molecule has 82 valence electrons. The fourth-order valence-electron chi connectivity index (χ4n) is 1.52. The highest BCUT2D eigenvalue weighted by molar-refractivity contribution is 9.10. The third-order valence-electron chi connectivity index (χ3n) is 2.26. The lowest BCUT2D eigenvalue weighted by Crippen LogP contribution is -1.93. The van der Waals surface area contributed by atoms with E-state index in [1.54, 1.807) is 0 Å². The Hall–Kier alpha value is -1.00. The zero-order valence-corrected chi connectivity index (χ0v) is 11.4. The Bertz CT molecular complexity index is 590. The van der Waals surface area contributed by atoms with E-state index >= 15 is 0 Å². The van der Waals surface area contributed by atoms with Crippen molar-refractivity contribution in [3.8, 4) is 11.4 Å². The first-order valence-electron chi connectivity index (χ1n) is 4.91.